The van der Waals surface area contributed by atoms with Crippen molar-refractivity contribution in [3.05, 3.63) is 196 Å². The monoisotopic (exact) mass is 606 g/mol. The maximum Gasteiger partial charge on any atom is 0.248 e. The van der Waals surface area contributed by atoms with Crippen molar-refractivity contribution >= 4 is 34.0 Å². The number of aryl methyl sites for hydroxylation is 3. The van der Waals surface area contributed by atoms with Crippen LogP contribution in [0.25, 0.3) is 0 Å². The molecule has 218 valence electrons. The van der Waals surface area contributed by atoms with Crippen LogP contribution in [-0.4, -0.2) is 7.38 Å². The van der Waals surface area contributed by atoms with Gasteiger partial charge in [-0.15, -0.1) is 11.1 Å². The first-order valence-corrected chi connectivity index (χ1v) is 18.5. The maximum atomic E-state index is 8.21. The molecule has 0 spiro atoms. The molecule has 0 amide bonds. The summed E-state index contributed by atoms with van der Waals surface area (Å²) in [5.74, 6) is 0. The Morgan fingerprint density at radius 1 is 0.364 bits per heavy atom. The van der Waals surface area contributed by atoms with Crippen LogP contribution in [-0.2, 0) is 19.3 Å². The van der Waals surface area contributed by atoms with E-state index in [4.69, 9.17) is 11.1 Å². The minimum atomic E-state index is -2.88. The van der Waals surface area contributed by atoms with Gasteiger partial charge in [0.1, 0.15) is 0 Å². The van der Waals surface area contributed by atoms with Gasteiger partial charge in [-0.3, -0.25) is 0 Å². The van der Waals surface area contributed by atoms with Gasteiger partial charge < -0.3 is 0 Å². The molecule has 0 aliphatic carbocycles. The summed E-state index contributed by atoms with van der Waals surface area (Å²) in [7, 11) is -2.88. The highest BCUT2D eigenvalue weighted by Crippen LogP contribution is 2.22. The second kappa shape index (κ2) is 13.2. The van der Waals surface area contributed by atoms with Crippen molar-refractivity contribution in [2.75, 3.05) is 0 Å². The van der Waals surface area contributed by atoms with Gasteiger partial charge in [-0.05, 0) is 106 Å². The molecule has 2 heteroatoms. The molecule has 0 nitrogen and oxygen atoms in total. The number of hydrogen-bond acceptors (Lipinski definition) is 0. The highest BCUT2D eigenvalue weighted by molar-refractivity contribution is 7.40. The van der Waals surface area contributed by atoms with Crippen LogP contribution in [0.3, 0.4) is 0 Å². The van der Waals surface area contributed by atoms with Crippen LogP contribution < -0.4 is 15.6 Å². The van der Waals surface area contributed by atoms with Crippen LogP contribution in [0.15, 0.2) is 146 Å². The molecule has 0 aromatic heterocycles. The van der Waals surface area contributed by atoms with Crippen molar-refractivity contribution in [2.24, 2.45) is 0 Å². The SMILES string of the molecule is Cc1cc(Cc2ccccc2)ccc1[Si](Cl)(c1ccc(Cc2ccccc2)cc1C)c1ccc(Cc2ccccc2)cc1C. The standard InChI is InChI=1S/C42H39ClSi/c1-31-25-37(28-34-13-7-4-8-14-34)19-22-40(31)44(43,41-23-20-38(26-32(41)2)29-35-15-9-5-10-16-35)42-24-21-39(27-33(42)3)30-36-17-11-6-12-18-36/h4-27H,28-30H2,1-3H3. The van der Waals surface area contributed by atoms with Gasteiger partial charge in [-0.25, -0.2) is 0 Å². The number of benzene rings is 6. The third-order valence-electron chi connectivity index (χ3n) is 8.74. The van der Waals surface area contributed by atoms with Gasteiger partial charge >= 0.3 is 0 Å². The second-order valence-corrected chi connectivity index (χ2v) is 16.7. The quantitative estimate of drug-likeness (QED) is 0.0878. The normalized spacial score (nSPS) is 11.5. The van der Waals surface area contributed by atoms with Crippen LogP contribution >= 0.6 is 11.1 Å². The summed E-state index contributed by atoms with van der Waals surface area (Å²) in [5, 5.41) is 3.82. The fraction of sp³-hybridized carbons (Fsp3) is 0.143. The Hall–Kier alpha value is -4.17. The van der Waals surface area contributed by atoms with Crippen LogP contribution in [0.4, 0.5) is 0 Å². The predicted molar refractivity (Wildman–Crippen MR) is 192 cm³/mol. The number of hydrogen-bond donors (Lipinski definition) is 0. The summed E-state index contributed by atoms with van der Waals surface area (Å²) >= 11 is 8.21. The van der Waals surface area contributed by atoms with E-state index >= 15 is 0 Å². The third kappa shape index (κ3) is 6.50. The highest BCUT2D eigenvalue weighted by atomic mass is 35.6. The van der Waals surface area contributed by atoms with Gasteiger partial charge in [0, 0.05) is 0 Å². The molecule has 0 heterocycles. The Kier molecular flexibility index (Phi) is 8.98. The van der Waals surface area contributed by atoms with E-state index in [2.05, 4.69) is 166 Å². The molecule has 0 atom stereocenters. The maximum absolute atomic E-state index is 8.21. The minimum absolute atomic E-state index is 0.916. The number of rotatable bonds is 9. The smallest absolute Gasteiger partial charge is 0.149 e. The number of halogens is 1. The van der Waals surface area contributed by atoms with E-state index < -0.39 is 7.38 Å². The topological polar surface area (TPSA) is 0 Å². The predicted octanol–water partition coefficient (Wildman–Crippen LogP) is 8.59. The van der Waals surface area contributed by atoms with Crippen molar-refractivity contribution in [3.8, 4) is 0 Å². The fourth-order valence-corrected chi connectivity index (χ4v) is 12.2. The molecule has 6 aromatic carbocycles. The van der Waals surface area contributed by atoms with E-state index in [1.807, 2.05) is 0 Å². The Labute approximate surface area is 268 Å². The molecule has 0 N–H and O–H groups in total. The zero-order chi connectivity index (χ0) is 30.5. The highest BCUT2D eigenvalue weighted by Gasteiger charge is 2.41. The lowest BCUT2D eigenvalue weighted by Crippen LogP contribution is -2.65. The molecule has 0 saturated carbocycles. The Morgan fingerprint density at radius 3 is 0.886 bits per heavy atom. The van der Waals surface area contributed by atoms with E-state index in [1.165, 1.54) is 65.6 Å². The lowest BCUT2D eigenvalue weighted by molar-refractivity contribution is 1.18. The zero-order valence-corrected chi connectivity index (χ0v) is 27.6. The summed E-state index contributed by atoms with van der Waals surface area (Å²) in [4.78, 5) is 0. The van der Waals surface area contributed by atoms with Crippen molar-refractivity contribution in [2.45, 2.75) is 40.0 Å². The molecular formula is C42H39ClSi. The lowest BCUT2D eigenvalue weighted by atomic mass is 10.0. The summed E-state index contributed by atoms with van der Waals surface area (Å²) in [6, 6.07) is 53.0. The summed E-state index contributed by atoms with van der Waals surface area (Å²) in [5.41, 5.74) is 11.7. The largest absolute Gasteiger partial charge is 0.248 e. The Balaban J connectivity index is 1.43. The lowest BCUT2D eigenvalue weighted by Gasteiger charge is -2.31. The van der Waals surface area contributed by atoms with E-state index in [0.717, 1.165) is 19.3 Å². The zero-order valence-electron chi connectivity index (χ0n) is 25.9. The first-order valence-electron chi connectivity index (χ1n) is 15.5. The van der Waals surface area contributed by atoms with Gasteiger partial charge in [0.25, 0.3) is 0 Å². The molecule has 6 rings (SSSR count). The molecule has 0 bridgehead atoms. The second-order valence-electron chi connectivity index (χ2n) is 12.1. The molecular weight excluding hydrogens is 568 g/mol. The molecule has 0 aliphatic rings. The van der Waals surface area contributed by atoms with Gasteiger partial charge in [0.2, 0.25) is 7.38 Å². The molecule has 0 unspecified atom stereocenters. The first kappa shape index (κ1) is 29.9. The van der Waals surface area contributed by atoms with Crippen molar-refractivity contribution < 1.29 is 0 Å². The summed E-state index contributed by atoms with van der Waals surface area (Å²) in [6.07, 6.45) is 2.75. The van der Waals surface area contributed by atoms with E-state index in [0.29, 0.717) is 0 Å². The average Bonchev–Trinajstić information content (AvgIpc) is 3.02. The molecule has 0 fully saturated rings. The van der Waals surface area contributed by atoms with Gasteiger partial charge in [0.15, 0.2) is 0 Å². The molecule has 0 saturated heterocycles. The van der Waals surface area contributed by atoms with Crippen LogP contribution in [0.2, 0.25) is 0 Å². The van der Waals surface area contributed by atoms with E-state index in [-0.39, 0.29) is 0 Å². The Morgan fingerprint density at radius 2 is 0.636 bits per heavy atom. The van der Waals surface area contributed by atoms with Crippen LogP contribution in [0, 0.1) is 20.8 Å². The molecule has 6 aromatic rings. The van der Waals surface area contributed by atoms with Gasteiger partial charge in [-0.1, -0.05) is 146 Å². The average molecular weight is 607 g/mol. The Bertz CT molecular complexity index is 1640. The van der Waals surface area contributed by atoms with Crippen molar-refractivity contribution in [1.82, 2.24) is 0 Å². The van der Waals surface area contributed by atoms with E-state index in [9.17, 15) is 0 Å². The van der Waals surface area contributed by atoms with Crippen molar-refractivity contribution in [3.63, 3.8) is 0 Å². The molecule has 44 heavy (non-hydrogen) atoms. The van der Waals surface area contributed by atoms with Crippen LogP contribution in [0.1, 0.15) is 50.1 Å². The van der Waals surface area contributed by atoms with Gasteiger partial charge in [-0.2, -0.15) is 0 Å². The fourth-order valence-electron chi connectivity index (χ4n) is 6.60. The van der Waals surface area contributed by atoms with E-state index in [1.54, 1.807) is 0 Å². The molecule has 0 aliphatic heterocycles. The van der Waals surface area contributed by atoms with Gasteiger partial charge in [0.05, 0.1) is 0 Å². The summed E-state index contributed by atoms with van der Waals surface area (Å²) in [6.45, 7) is 6.73. The minimum Gasteiger partial charge on any atom is -0.149 e. The molecule has 0 radical (unpaired) electrons. The van der Waals surface area contributed by atoms with Crippen LogP contribution in [0.5, 0.6) is 0 Å². The third-order valence-corrected chi connectivity index (χ3v) is 14.5. The summed E-state index contributed by atoms with van der Waals surface area (Å²) < 4.78 is 0. The van der Waals surface area contributed by atoms with Crippen molar-refractivity contribution in [1.29, 1.82) is 0 Å². The first-order chi connectivity index (χ1) is 21.4.